The van der Waals surface area contributed by atoms with E-state index in [4.69, 9.17) is 0 Å². The number of pyridine rings is 1. The third kappa shape index (κ3) is 4.10. The normalized spacial score (nSPS) is 11.7. The van der Waals surface area contributed by atoms with E-state index in [-0.39, 0.29) is 34.8 Å². The van der Waals surface area contributed by atoms with Crippen LogP contribution < -0.4 is 5.69 Å². The molecule has 9 heteroatoms. The summed E-state index contributed by atoms with van der Waals surface area (Å²) in [6, 6.07) is 8.80. The fourth-order valence-electron chi connectivity index (χ4n) is 2.53. The number of alkyl halides is 3. The van der Waals surface area contributed by atoms with Gasteiger partial charge in [0.25, 0.3) is 0 Å². The number of rotatable bonds is 4. The first-order chi connectivity index (χ1) is 12.2. The van der Waals surface area contributed by atoms with Gasteiger partial charge in [-0.15, -0.1) is 0 Å². The van der Waals surface area contributed by atoms with Crippen LogP contribution in [0.3, 0.4) is 0 Å². The topological polar surface area (TPSA) is 60.0 Å². The standard InChI is InChI=1S/C17H14F3N3O2S/c1-11-8-12(6-7-21-11)9-22-10-15(24)23(16(22)25)13-2-4-14(5-3-13)26-17(18,19)20/h2-8,10,24H,9H2,1H3. The second-order valence-corrected chi connectivity index (χ2v) is 6.72. The number of hydrogen-bond donors (Lipinski definition) is 1. The van der Waals surface area contributed by atoms with Crippen LogP contribution in [-0.2, 0) is 6.54 Å². The van der Waals surface area contributed by atoms with Gasteiger partial charge < -0.3 is 5.11 Å². The van der Waals surface area contributed by atoms with Crippen LogP contribution in [0.2, 0.25) is 0 Å². The maximum Gasteiger partial charge on any atom is 0.446 e. The zero-order valence-electron chi connectivity index (χ0n) is 13.6. The number of halogens is 3. The first-order valence-corrected chi connectivity index (χ1v) is 8.33. The number of thioether (sulfide) groups is 1. The molecule has 0 amide bonds. The van der Waals surface area contributed by atoms with Gasteiger partial charge in [0.1, 0.15) is 0 Å². The summed E-state index contributed by atoms with van der Waals surface area (Å²) in [5.74, 6) is -0.294. The van der Waals surface area contributed by atoms with Crippen LogP contribution in [0.5, 0.6) is 5.88 Å². The molecular weight excluding hydrogens is 367 g/mol. The van der Waals surface area contributed by atoms with Gasteiger partial charge in [0.15, 0.2) is 0 Å². The Morgan fingerprint density at radius 3 is 2.50 bits per heavy atom. The molecule has 1 N–H and O–H groups in total. The Kier molecular flexibility index (Phi) is 4.82. The number of benzene rings is 1. The molecule has 0 fully saturated rings. The van der Waals surface area contributed by atoms with Gasteiger partial charge in [0.2, 0.25) is 5.88 Å². The molecule has 2 aromatic heterocycles. The van der Waals surface area contributed by atoms with Gasteiger partial charge in [-0.2, -0.15) is 13.2 Å². The van der Waals surface area contributed by atoms with Crippen molar-refractivity contribution in [1.29, 1.82) is 0 Å². The van der Waals surface area contributed by atoms with Crippen molar-refractivity contribution in [3.63, 3.8) is 0 Å². The molecule has 0 aliphatic carbocycles. The second-order valence-electron chi connectivity index (χ2n) is 5.58. The van der Waals surface area contributed by atoms with E-state index in [9.17, 15) is 23.1 Å². The molecule has 3 rings (SSSR count). The molecule has 0 spiro atoms. The summed E-state index contributed by atoms with van der Waals surface area (Å²) in [5.41, 5.74) is -2.95. The van der Waals surface area contributed by atoms with Crippen molar-refractivity contribution in [3.05, 3.63) is 70.5 Å². The summed E-state index contributed by atoms with van der Waals surface area (Å²) in [6.07, 6.45) is 2.92. The highest BCUT2D eigenvalue weighted by molar-refractivity contribution is 8.00. The minimum absolute atomic E-state index is 0.000446. The summed E-state index contributed by atoms with van der Waals surface area (Å²) in [6.45, 7) is 2.07. The lowest BCUT2D eigenvalue weighted by atomic mass is 10.2. The van der Waals surface area contributed by atoms with Gasteiger partial charge in [0, 0.05) is 16.8 Å². The molecule has 0 aliphatic rings. The number of hydrogen-bond acceptors (Lipinski definition) is 4. The van der Waals surface area contributed by atoms with E-state index in [1.807, 2.05) is 13.0 Å². The third-order valence-electron chi connectivity index (χ3n) is 3.58. The molecule has 0 bridgehead atoms. The minimum Gasteiger partial charge on any atom is -0.493 e. The Balaban J connectivity index is 1.89. The number of imidazole rings is 1. The van der Waals surface area contributed by atoms with Gasteiger partial charge >= 0.3 is 11.2 Å². The van der Waals surface area contributed by atoms with Crippen LogP contribution in [0.4, 0.5) is 13.2 Å². The van der Waals surface area contributed by atoms with Crippen LogP contribution in [0, 0.1) is 6.92 Å². The number of aromatic hydroxyl groups is 1. The number of aromatic nitrogens is 3. The van der Waals surface area contributed by atoms with Crippen molar-refractivity contribution in [2.45, 2.75) is 23.9 Å². The lowest BCUT2D eigenvalue weighted by Gasteiger charge is -2.07. The molecule has 1 aromatic carbocycles. The molecule has 0 atom stereocenters. The molecule has 136 valence electrons. The van der Waals surface area contributed by atoms with Crippen LogP contribution >= 0.6 is 11.8 Å². The average molecular weight is 381 g/mol. The zero-order valence-corrected chi connectivity index (χ0v) is 14.4. The van der Waals surface area contributed by atoms with Gasteiger partial charge in [-0.25, -0.2) is 9.36 Å². The minimum atomic E-state index is -4.38. The van der Waals surface area contributed by atoms with E-state index >= 15 is 0 Å². The summed E-state index contributed by atoms with van der Waals surface area (Å²) >= 11 is -0.240. The lowest BCUT2D eigenvalue weighted by Crippen LogP contribution is -2.23. The Labute approximate surface area is 150 Å². The molecule has 26 heavy (non-hydrogen) atoms. The second kappa shape index (κ2) is 6.91. The van der Waals surface area contributed by atoms with Crippen LogP contribution in [0.25, 0.3) is 5.69 Å². The van der Waals surface area contributed by atoms with E-state index in [0.717, 1.165) is 15.8 Å². The van der Waals surface area contributed by atoms with Crippen molar-refractivity contribution >= 4 is 11.8 Å². The predicted octanol–water partition coefficient (Wildman–Crippen LogP) is 3.71. The van der Waals surface area contributed by atoms with E-state index in [1.54, 1.807) is 12.3 Å². The Bertz CT molecular complexity index is 978. The monoisotopic (exact) mass is 381 g/mol. The molecule has 2 heterocycles. The third-order valence-corrected chi connectivity index (χ3v) is 4.32. The van der Waals surface area contributed by atoms with E-state index in [0.29, 0.717) is 0 Å². The fourth-order valence-corrected chi connectivity index (χ4v) is 3.07. The van der Waals surface area contributed by atoms with E-state index in [1.165, 1.54) is 35.0 Å². The number of nitrogens with zero attached hydrogens (tertiary/aromatic N) is 3. The smallest absolute Gasteiger partial charge is 0.446 e. The quantitative estimate of drug-likeness (QED) is 0.700. The zero-order chi connectivity index (χ0) is 18.9. The summed E-state index contributed by atoms with van der Waals surface area (Å²) in [5, 5.41) is 10.1. The summed E-state index contributed by atoms with van der Waals surface area (Å²) in [4.78, 5) is 16.6. The SMILES string of the molecule is Cc1cc(Cn2cc(O)n(-c3ccc(SC(F)(F)F)cc3)c2=O)ccn1. The predicted molar refractivity (Wildman–Crippen MR) is 91.7 cm³/mol. The van der Waals surface area contributed by atoms with E-state index < -0.39 is 11.2 Å². The van der Waals surface area contributed by atoms with Crippen molar-refractivity contribution in [3.8, 4) is 11.6 Å². The first-order valence-electron chi connectivity index (χ1n) is 7.52. The summed E-state index contributed by atoms with van der Waals surface area (Å²) in [7, 11) is 0. The van der Waals surface area contributed by atoms with Crippen molar-refractivity contribution in [1.82, 2.24) is 14.1 Å². The molecule has 0 aliphatic heterocycles. The molecule has 0 radical (unpaired) electrons. The highest BCUT2D eigenvalue weighted by Crippen LogP contribution is 2.37. The lowest BCUT2D eigenvalue weighted by molar-refractivity contribution is -0.0328. The van der Waals surface area contributed by atoms with E-state index in [2.05, 4.69) is 4.98 Å². The highest BCUT2D eigenvalue weighted by Gasteiger charge is 2.29. The van der Waals surface area contributed by atoms with Crippen LogP contribution in [-0.4, -0.2) is 24.7 Å². The fraction of sp³-hybridized carbons (Fsp3) is 0.176. The van der Waals surface area contributed by atoms with Crippen molar-refractivity contribution in [2.24, 2.45) is 0 Å². The van der Waals surface area contributed by atoms with Crippen molar-refractivity contribution < 1.29 is 18.3 Å². The largest absolute Gasteiger partial charge is 0.493 e. The van der Waals surface area contributed by atoms with Crippen LogP contribution in [0.1, 0.15) is 11.3 Å². The number of aryl methyl sites for hydroxylation is 1. The highest BCUT2D eigenvalue weighted by atomic mass is 32.2. The van der Waals surface area contributed by atoms with Gasteiger partial charge in [-0.05, 0) is 60.6 Å². The van der Waals surface area contributed by atoms with Gasteiger partial charge in [-0.1, -0.05) is 0 Å². The van der Waals surface area contributed by atoms with Crippen molar-refractivity contribution in [2.75, 3.05) is 0 Å². The summed E-state index contributed by atoms with van der Waals surface area (Å²) < 4.78 is 39.5. The molecule has 0 saturated heterocycles. The Morgan fingerprint density at radius 2 is 1.88 bits per heavy atom. The molecule has 0 unspecified atom stereocenters. The van der Waals surface area contributed by atoms with Crippen LogP contribution in [0.15, 0.2) is 58.5 Å². The Morgan fingerprint density at radius 1 is 1.19 bits per heavy atom. The molecular formula is C17H14F3N3O2S. The maximum atomic E-state index is 12.6. The molecule has 5 nitrogen and oxygen atoms in total. The van der Waals surface area contributed by atoms with Gasteiger partial charge in [-0.3, -0.25) is 9.55 Å². The molecule has 3 aromatic rings. The maximum absolute atomic E-state index is 12.6. The first kappa shape index (κ1) is 18.1. The van der Waals surface area contributed by atoms with Gasteiger partial charge in [0.05, 0.1) is 18.4 Å². The average Bonchev–Trinajstić information content (AvgIpc) is 2.81. The molecule has 0 saturated carbocycles. The Hall–Kier alpha value is -2.68.